The van der Waals surface area contributed by atoms with E-state index in [4.69, 9.17) is 14.6 Å². The Labute approximate surface area is 113 Å². The highest BCUT2D eigenvalue weighted by Crippen LogP contribution is 2.24. The highest BCUT2D eigenvalue weighted by molar-refractivity contribution is 7.98. The van der Waals surface area contributed by atoms with E-state index in [1.54, 1.807) is 13.0 Å². The third-order valence-electron chi connectivity index (χ3n) is 2.33. The van der Waals surface area contributed by atoms with Crippen molar-refractivity contribution in [1.82, 2.24) is 10.2 Å². The van der Waals surface area contributed by atoms with Crippen molar-refractivity contribution in [1.29, 1.82) is 0 Å². The number of hydrogen-bond donors (Lipinski definition) is 1. The second kappa shape index (κ2) is 5.89. The van der Waals surface area contributed by atoms with E-state index in [1.807, 2.05) is 0 Å². The fraction of sp³-hybridized carbons (Fsp3) is 0.364. The molecule has 7 nitrogen and oxygen atoms in total. The molecule has 0 aromatic carbocycles. The van der Waals surface area contributed by atoms with E-state index in [2.05, 4.69) is 14.9 Å². The fourth-order valence-electron chi connectivity index (χ4n) is 1.44. The molecule has 0 spiro atoms. The molecule has 0 unspecified atom stereocenters. The van der Waals surface area contributed by atoms with Crippen LogP contribution in [0.25, 0.3) is 0 Å². The van der Waals surface area contributed by atoms with Crippen molar-refractivity contribution in [2.75, 3.05) is 7.11 Å². The van der Waals surface area contributed by atoms with Gasteiger partial charge in [0, 0.05) is 0 Å². The summed E-state index contributed by atoms with van der Waals surface area (Å²) in [5.74, 6) is 1.60. The summed E-state index contributed by atoms with van der Waals surface area (Å²) < 4.78 is 15.3. The first-order chi connectivity index (χ1) is 9.13. The van der Waals surface area contributed by atoms with Gasteiger partial charge in [-0.05, 0) is 13.0 Å². The molecule has 102 valence electrons. The molecule has 0 radical (unpaired) electrons. The molecule has 8 heteroatoms. The fourth-order valence-corrected chi connectivity index (χ4v) is 2.10. The van der Waals surface area contributed by atoms with Gasteiger partial charge in [-0.2, -0.15) is 0 Å². The number of nitrogens with two attached hydrogens (primary N) is 1. The number of methoxy groups -OCH3 is 1. The molecule has 2 N–H and O–H groups in total. The Kier molecular flexibility index (Phi) is 4.23. The normalized spacial score (nSPS) is 10.7. The summed E-state index contributed by atoms with van der Waals surface area (Å²) in [6.07, 6.45) is 0. The minimum Gasteiger partial charge on any atom is -0.465 e. The van der Waals surface area contributed by atoms with Crippen molar-refractivity contribution < 1.29 is 18.4 Å². The number of carbonyl (C=O) groups is 1. The van der Waals surface area contributed by atoms with E-state index >= 15 is 0 Å². The minimum absolute atomic E-state index is 0.208. The third-order valence-corrected chi connectivity index (χ3v) is 3.18. The average Bonchev–Trinajstić information content (AvgIpc) is 3.01. The van der Waals surface area contributed by atoms with Crippen LogP contribution < -0.4 is 5.73 Å². The van der Waals surface area contributed by atoms with Crippen LogP contribution in [0.15, 0.2) is 20.1 Å². The van der Waals surface area contributed by atoms with Gasteiger partial charge in [0.2, 0.25) is 5.89 Å². The van der Waals surface area contributed by atoms with E-state index < -0.39 is 5.97 Å². The smallest absolute Gasteiger partial charge is 0.341 e. The van der Waals surface area contributed by atoms with Crippen molar-refractivity contribution in [2.45, 2.75) is 24.4 Å². The summed E-state index contributed by atoms with van der Waals surface area (Å²) in [6, 6.07) is 1.65. The minimum atomic E-state index is -0.416. The molecule has 0 bridgehead atoms. The zero-order valence-corrected chi connectivity index (χ0v) is 11.3. The first-order valence-corrected chi connectivity index (χ1v) is 6.45. The van der Waals surface area contributed by atoms with Gasteiger partial charge in [-0.3, -0.25) is 0 Å². The number of nitrogens with zero attached hydrogens (tertiary/aromatic N) is 2. The SMILES string of the molecule is COC(=O)c1cc(CSc2nnc(CN)o2)oc1C. The molecular weight excluding hydrogens is 270 g/mol. The van der Waals surface area contributed by atoms with Crippen LogP contribution in [-0.2, 0) is 17.0 Å². The van der Waals surface area contributed by atoms with Gasteiger partial charge in [-0.1, -0.05) is 11.8 Å². The summed E-state index contributed by atoms with van der Waals surface area (Å²) in [5, 5.41) is 7.97. The molecule has 2 aromatic rings. The topological polar surface area (TPSA) is 104 Å². The molecule has 0 aliphatic carbocycles. The number of esters is 1. The number of ether oxygens (including phenoxy) is 1. The Hall–Kier alpha value is -1.80. The van der Waals surface area contributed by atoms with E-state index in [0.29, 0.717) is 34.0 Å². The highest BCUT2D eigenvalue weighted by atomic mass is 32.2. The average molecular weight is 283 g/mol. The van der Waals surface area contributed by atoms with Crippen molar-refractivity contribution in [3.05, 3.63) is 29.0 Å². The van der Waals surface area contributed by atoms with Crippen molar-refractivity contribution in [2.24, 2.45) is 5.73 Å². The molecule has 2 heterocycles. The lowest BCUT2D eigenvalue weighted by molar-refractivity contribution is 0.0599. The lowest BCUT2D eigenvalue weighted by Crippen LogP contribution is -2.00. The lowest BCUT2D eigenvalue weighted by atomic mass is 10.2. The number of aromatic nitrogens is 2. The Bertz CT molecular complexity index is 578. The quantitative estimate of drug-likeness (QED) is 0.650. The predicted molar refractivity (Wildman–Crippen MR) is 66.5 cm³/mol. The van der Waals surface area contributed by atoms with Crippen molar-refractivity contribution >= 4 is 17.7 Å². The summed E-state index contributed by atoms with van der Waals surface area (Å²) in [7, 11) is 1.33. The van der Waals surface area contributed by atoms with Crippen LogP contribution >= 0.6 is 11.8 Å². The van der Waals surface area contributed by atoms with Gasteiger partial charge in [-0.25, -0.2) is 4.79 Å². The second-order valence-electron chi connectivity index (χ2n) is 3.63. The molecule has 0 aliphatic heterocycles. The van der Waals surface area contributed by atoms with Crippen LogP contribution in [0.4, 0.5) is 0 Å². The van der Waals surface area contributed by atoms with Crippen LogP contribution in [0, 0.1) is 6.92 Å². The maximum atomic E-state index is 11.4. The molecule has 2 aromatic heterocycles. The molecule has 0 amide bonds. The number of thioether (sulfide) groups is 1. The maximum absolute atomic E-state index is 11.4. The van der Waals surface area contributed by atoms with Crippen LogP contribution in [0.5, 0.6) is 0 Å². The van der Waals surface area contributed by atoms with Crippen molar-refractivity contribution in [3.8, 4) is 0 Å². The Morgan fingerprint density at radius 3 is 2.89 bits per heavy atom. The van der Waals surface area contributed by atoms with E-state index in [0.717, 1.165) is 0 Å². The van der Waals surface area contributed by atoms with E-state index in [9.17, 15) is 4.79 Å². The van der Waals surface area contributed by atoms with Gasteiger partial charge < -0.3 is 19.3 Å². The Morgan fingerprint density at radius 1 is 1.47 bits per heavy atom. The highest BCUT2D eigenvalue weighted by Gasteiger charge is 2.16. The molecular formula is C11H13N3O4S. The monoisotopic (exact) mass is 283 g/mol. The van der Waals surface area contributed by atoms with Crippen LogP contribution in [0.3, 0.4) is 0 Å². The molecule has 0 fully saturated rings. The van der Waals surface area contributed by atoms with Crippen LogP contribution in [0.1, 0.15) is 27.8 Å². The standard InChI is InChI=1S/C11H13N3O4S/c1-6-8(10(15)16-2)3-7(17-6)5-19-11-14-13-9(4-12)18-11/h3H,4-5,12H2,1-2H3. The van der Waals surface area contributed by atoms with Gasteiger partial charge in [0.15, 0.2) is 0 Å². The third kappa shape index (κ3) is 3.15. The Balaban J connectivity index is 2.01. The summed E-state index contributed by atoms with van der Waals surface area (Å²) in [4.78, 5) is 11.4. The van der Waals surface area contributed by atoms with Gasteiger partial charge in [-0.15, -0.1) is 10.2 Å². The van der Waals surface area contributed by atoms with Crippen LogP contribution in [-0.4, -0.2) is 23.3 Å². The van der Waals surface area contributed by atoms with E-state index in [1.165, 1.54) is 18.9 Å². The van der Waals surface area contributed by atoms with Gasteiger partial charge in [0.1, 0.15) is 17.1 Å². The zero-order chi connectivity index (χ0) is 13.8. The Morgan fingerprint density at radius 2 is 2.26 bits per heavy atom. The zero-order valence-electron chi connectivity index (χ0n) is 10.5. The maximum Gasteiger partial charge on any atom is 0.341 e. The number of carbonyl (C=O) groups excluding carboxylic acids is 1. The van der Waals surface area contributed by atoms with E-state index in [-0.39, 0.29) is 6.54 Å². The first-order valence-electron chi connectivity index (χ1n) is 5.47. The molecule has 19 heavy (non-hydrogen) atoms. The lowest BCUT2D eigenvalue weighted by Gasteiger charge is -1.93. The number of furan rings is 1. The summed E-state index contributed by atoms with van der Waals surface area (Å²) >= 11 is 1.31. The van der Waals surface area contributed by atoms with Crippen molar-refractivity contribution in [3.63, 3.8) is 0 Å². The predicted octanol–water partition coefficient (Wildman–Crippen LogP) is 1.51. The largest absolute Gasteiger partial charge is 0.465 e. The van der Waals surface area contributed by atoms with Gasteiger partial charge >= 0.3 is 5.97 Å². The summed E-state index contributed by atoms with van der Waals surface area (Å²) in [6.45, 7) is 1.92. The number of rotatable bonds is 5. The summed E-state index contributed by atoms with van der Waals surface area (Å²) in [5.41, 5.74) is 5.79. The van der Waals surface area contributed by atoms with Crippen LogP contribution in [0.2, 0.25) is 0 Å². The number of hydrogen-bond acceptors (Lipinski definition) is 8. The number of aryl methyl sites for hydroxylation is 1. The molecule has 0 saturated carbocycles. The van der Waals surface area contributed by atoms with Gasteiger partial charge in [0.25, 0.3) is 5.22 Å². The molecule has 2 rings (SSSR count). The molecule has 0 aliphatic rings. The second-order valence-corrected chi connectivity index (χ2v) is 4.56. The first kappa shape index (κ1) is 13.6. The molecule has 0 atom stereocenters. The van der Waals surface area contributed by atoms with Gasteiger partial charge in [0.05, 0.1) is 19.4 Å². The molecule has 0 saturated heterocycles.